The molecule has 1 amide bonds. The van der Waals surface area contributed by atoms with Crippen molar-refractivity contribution in [2.75, 3.05) is 16.8 Å². The summed E-state index contributed by atoms with van der Waals surface area (Å²) < 4.78 is 36.1. The Bertz CT molecular complexity index is 482. The van der Waals surface area contributed by atoms with Crippen molar-refractivity contribution in [3.8, 4) is 0 Å². The fourth-order valence-corrected chi connectivity index (χ4v) is 2.34. The highest BCUT2D eigenvalue weighted by atomic mass is 35.5. The monoisotopic (exact) mass is 327 g/mol. The first-order valence-electron chi connectivity index (χ1n) is 5.58. The van der Waals surface area contributed by atoms with Gasteiger partial charge in [-0.1, -0.05) is 17.7 Å². The summed E-state index contributed by atoms with van der Waals surface area (Å²) in [5.41, 5.74) is 1.33. The molecule has 0 aliphatic carbocycles. The Morgan fingerprint density at radius 1 is 1.50 bits per heavy atom. The summed E-state index contributed by atoms with van der Waals surface area (Å²) >= 11 is 6.61. The Balaban J connectivity index is 2.41. The number of carbonyl (C=O) groups excluding carboxylic acids is 1. The van der Waals surface area contributed by atoms with Crippen LogP contribution in [0.25, 0.3) is 0 Å². The Hall–Kier alpha value is -0.920. The van der Waals surface area contributed by atoms with Crippen LogP contribution < -0.4 is 5.32 Å². The molecule has 0 bridgehead atoms. The molecule has 2 N–H and O–H groups in total. The van der Waals surface area contributed by atoms with E-state index in [9.17, 15) is 18.0 Å². The Kier molecular flexibility index (Phi) is 6.16. The van der Waals surface area contributed by atoms with Gasteiger partial charge in [-0.25, -0.2) is 0 Å². The third kappa shape index (κ3) is 5.60. The molecule has 0 unspecified atom stereocenters. The lowest BCUT2D eigenvalue weighted by atomic mass is 10.2. The number of rotatable bonds is 5. The summed E-state index contributed by atoms with van der Waals surface area (Å²) in [4.78, 5) is 11.5. The van der Waals surface area contributed by atoms with Crippen LogP contribution >= 0.6 is 23.4 Å². The normalized spacial score (nSPS) is 13.1. The van der Waals surface area contributed by atoms with Crippen molar-refractivity contribution in [1.29, 1.82) is 0 Å². The molecule has 0 saturated carbocycles. The second kappa shape index (κ2) is 7.19. The van der Waals surface area contributed by atoms with Gasteiger partial charge in [0.2, 0.25) is 5.91 Å². The molecule has 20 heavy (non-hydrogen) atoms. The molecule has 0 fully saturated rings. The number of aryl methyl sites for hydroxylation is 1. The summed E-state index contributed by atoms with van der Waals surface area (Å²) in [7, 11) is 0. The van der Waals surface area contributed by atoms with Gasteiger partial charge in [-0.2, -0.15) is 13.2 Å². The van der Waals surface area contributed by atoms with Gasteiger partial charge in [-0.3, -0.25) is 4.79 Å². The number of nitrogens with one attached hydrogen (secondary N) is 1. The van der Waals surface area contributed by atoms with E-state index in [0.29, 0.717) is 22.5 Å². The first kappa shape index (κ1) is 17.1. The molecular weight excluding hydrogens is 315 g/mol. The Morgan fingerprint density at radius 3 is 2.70 bits per heavy atom. The van der Waals surface area contributed by atoms with Crippen LogP contribution in [0.15, 0.2) is 18.2 Å². The molecule has 0 heterocycles. The molecule has 1 rings (SSSR count). The van der Waals surface area contributed by atoms with Crippen LogP contribution in [0.1, 0.15) is 5.56 Å². The van der Waals surface area contributed by atoms with Crippen molar-refractivity contribution in [3.63, 3.8) is 0 Å². The van der Waals surface area contributed by atoms with E-state index in [1.165, 1.54) is 0 Å². The molecule has 8 heteroatoms. The fraction of sp³-hybridized carbons (Fsp3) is 0.417. The highest BCUT2D eigenvalue weighted by Crippen LogP contribution is 2.24. The number of hydrogen-bond donors (Lipinski definition) is 2. The summed E-state index contributed by atoms with van der Waals surface area (Å²) in [5.74, 6) is -1.26. The molecule has 0 aliphatic heterocycles. The number of halogens is 4. The van der Waals surface area contributed by atoms with Crippen molar-refractivity contribution in [3.05, 3.63) is 28.8 Å². The van der Waals surface area contributed by atoms with Crippen LogP contribution in [0.4, 0.5) is 18.9 Å². The lowest BCUT2D eigenvalue weighted by Gasteiger charge is -2.13. The lowest BCUT2D eigenvalue weighted by molar-refractivity contribution is -0.195. The van der Waals surface area contributed by atoms with E-state index in [1.807, 2.05) is 6.92 Å². The van der Waals surface area contributed by atoms with Gasteiger partial charge in [0, 0.05) is 5.75 Å². The zero-order chi connectivity index (χ0) is 15.3. The molecule has 1 aromatic rings. The fourth-order valence-electron chi connectivity index (χ4n) is 1.27. The maximum atomic E-state index is 12.0. The maximum absolute atomic E-state index is 12.0. The van der Waals surface area contributed by atoms with Gasteiger partial charge >= 0.3 is 6.18 Å². The molecule has 0 aromatic heterocycles. The summed E-state index contributed by atoms with van der Waals surface area (Å²) in [6.45, 7) is 1.84. The van der Waals surface area contributed by atoms with Gasteiger partial charge in [0.25, 0.3) is 0 Å². The smallest absolute Gasteiger partial charge is 0.383 e. The minimum absolute atomic E-state index is 0.197. The van der Waals surface area contributed by atoms with Crippen molar-refractivity contribution in [1.82, 2.24) is 0 Å². The van der Waals surface area contributed by atoms with Gasteiger partial charge in [-0.05, 0) is 24.6 Å². The van der Waals surface area contributed by atoms with E-state index < -0.39 is 23.9 Å². The predicted molar refractivity (Wildman–Crippen MR) is 74.2 cm³/mol. The third-order valence-corrected chi connectivity index (χ3v) is 3.62. The van der Waals surface area contributed by atoms with E-state index >= 15 is 0 Å². The van der Waals surface area contributed by atoms with Gasteiger partial charge in [0.1, 0.15) is 0 Å². The second-order valence-electron chi connectivity index (χ2n) is 4.10. The van der Waals surface area contributed by atoms with Crippen LogP contribution in [-0.2, 0) is 4.79 Å². The molecule has 1 atom stereocenters. The highest BCUT2D eigenvalue weighted by Gasteiger charge is 2.37. The number of aliphatic hydroxyl groups excluding tert-OH is 1. The van der Waals surface area contributed by atoms with E-state index in [2.05, 4.69) is 5.32 Å². The van der Waals surface area contributed by atoms with Crippen LogP contribution in [0.2, 0.25) is 5.02 Å². The Morgan fingerprint density at radius 2 is 2.15 bits per heavy atom. The van der Waals surface area contributed by atoms with E-state index in [4.69, 9.17) is 16.7 Å². The average Bonchev–Trinajstić information content (AvgIpc) is 2.31. The number of alkyl halides is 3. The molecule has 0 spiro atoms. The van der Waals surface area contributed by atoms with E-state index in [0.717, 1.165) is 5.56 Å². The number of amides is 1. The standard InChI is InChI=1S/C12H13ClF3NO2S/c1-7-2-3-9(8(13)4-7)17-11(19)6-20-5-10(18)12(14,15)16/h2-4,10,18H,5-6H2,1H3,(H,17,19)/t10-/m0/s1. The highest BCUT2D eigenvalue weighted by molar-refractivity contribution is 8.00. The number of aliphatic hydroxyl groups is 1. The number of carbonyl (C=O) groups is 1. The van der Waals surface area contributed by atoms with Crippen LogP contribution in [0.3, 0.4) is 0 Å². The first-order valence-corrected chi connectivity index (χ1v) is 7.12. The molecule has 1 aromatic carbocycles. The molecule has 0 aliphatic rings. The number of anilines is 1. The predicted octanol–water partition coefficient (Wildman–Crippen LogP) is 3.24. The number of thioether (sulfide) groups is 1. The maximum Gasteiger partial charge on any atom is 0.415 e. The molecule has 0 radical (unpaired) electrons. The molecular formula is C12H13ClF3NO2S. The third-order valence-electron chi connectivity index (χ3n) is 2.29. The second-order valence-corrected chi connectivity index (χ2v) is 5.54. The Labute approximate surface area is 123 Å². The molecule has 0 saturated heterocycles. The minimum Gasteiger partial charge on any atom is -0.383 e. The minimum atomic E-state index is -4.66. The van der Waals surface area contributed by atoms with Gasteiger partial charge in [0.15, 0.2) is 6.10 Å². The topological polar surface area (TPSA) is 49.3 Å². The summed E-state index contributed by atoms with van der Waals surface area (Å²) in [5, 5.41) is 11.6. The first-order chi connectivity index (χ1) is 9.20. The van der Waals surface area contributed by atoms with Crippen LogP contribution in [0.5, 0.6) is 0 Å². The van der Waals surface area contributed by atoms with Gasteiger partial charge < -0.3 is 10.4 Å². The summed E-state index contributed by atoms with van der Waals surface area (Å²) in [6, 6.07) is 5.03. The van der Waals surface area contributed by atoms with Crippen molar-refractivity contribution in [2.45, 2.75) is 19.2 Å². The number of benzene rings is 1. The van der Waals surface area contributed by atoms with Crippen molar-refractivity contribution >= 4 is 35.0 Å². The molecule has 112 valence electrons. The summed E-state index contributed by atoms with van der Waals surface area (Å²) in [6.07, 6.45) is -7.09. The molecule has 3 nitrogen and oxygen atoms in total. The quantitative estimate of drug-likeness (QED) is 0.873. The SMILES string of the molecule is Cc1ccc(NC(=O)CSC[C@H](O)C(F)(F)F)c(Cl)c1. The average molecular weight is 328 g/mol. The van der Waals surface area contributed by atoms with Crippen LogP contribution in [-0.4, -0.2) is 34.8 Å². The zero-order valence-electron chi connectivity index (χ0n) is 10.5. The van der Waals surface area contributed by atoms with Crippen LogP contribution in [0, 0.1) is 6.92 Å². The van der Waals surface area contributed by atoms with Crippen molar-refractivity contribution in [2.24, 2.45) is 0 Å². The lowest BCUT2D eigenvalue weighted by Crippen LogP contribution is -2.31. The van der Waals surface area contributed by atoms with E-state index in [-0.39, 0.29) is 5.75 Å². The number of hydrogen-bond acceptors (Lipinski definition) is 3. The van der Waals surface area contributed by atoms with E-state index in [1.54, 1.807) is 18.2 Å². The van der Waals surface area contributed by atoms with Gasteiger partial charge in [-0.15, -0.1) is 11.8 Å². The van der Waals surface area contributed by atoms with Crippen molar-refractivity contribution < 1.29 is 23.1 Å². The zero-order valence-corrected chi connectivity index (χ0v) is 12.1. The van der Waals surface area contributed by atoms with Gasteiger partial charge in [0.05, 0.1) is 16.5 Å². The largest absolute Gasteiger partial charge is 0.415 e.